The second-order valence-corrected chi connectivity index (χ2v) is 5.21. The monoisotopic (exact) mass is 305 g/mol. The number of benzene rings is 1. The van der Waals surface area contributed by atoms with Gasteiger partial charge in [-0.25, -0.2) is 9.18 Å². The van der Waals surface area contributed by atoms with Crippen molar-refractivity contribution in [1.29, 1.82) is 0 Å². The van der Waals surface area contributed by atoms with E-state index < -0.39 is 17.7 Å². The number of carbonyl (C=O) groups excluding carboxylic acids is 1. The molecule has 0 saturated carbocycles. The molecule has 6 heteroatoms. The third kappa shape index (κ3) is 4.25. The molecule has 2 N–H and O–H groups in total. The summed E-state index contributed by atoms with van der Waals surface area (Å²) in [6.45, 7) is 0.325. The third-order valence-electron chi connectivity index (χ3n) is 2.66. The molecule has 108 valence electrons. The zero-order chi connectivity index (χ0) is 15.2. The highest BCUT2D eigenvalue weighted by Crippen LogP contribution is 2.13. The predicted molar refractivity (Wildman–Crippen MR) is 78.6 cm³/mol. The first kappa shape index (κ1) is 14.9. The number of carbonyl (C=O) groups is 2. The molecule has 1 amide bonds. The average molecular weight is 305 g/mol. The molecule has 0 fully saturated rings. The Kier molecular flexibility index (Phi) is 4.84. The van der Waals surface area contributed by atoms with E-state index in [0.29, 0.717) is 12.1 Å². The second kappa shape index (κ2) is 6.81. The van der Waals surface area contributed by atoms with Crippen LogP contribution in [0, 0.1) is 5.82 Å². The van der Waals surface area contributed by atoms with E-state index in [-0.39, 0.29) is 5.56 Å². The zero-order valence-corrected chi connectivity index (χ0v) is 11.7. The smallest absolute Gasteiger partial charge is 0.328 e. The third-order valence-corrected chi connectivity index (χ3v) is 3.53. The first-order chi connectivity index (χ1) is 10.1. The number of carboxylic acids is 1. The molecule has 1 aromatic carbocycles. The van der Waals surface area contributed by atoms with Gasteiger partial charge in [0.15, 0.2) is 0 Å². The van der Waals surface area contributed by atoms with Gasteiger partial charge in [-0.2, -0.15) is 0 Å². The molecule has 0 saturated heterocycles. The highest BCUT2D eigenvalue weighted by molar-refractivity contribution is 7.09. The van der Waals surface area contributed by atoms with Crippen LogP contribution in [0.5, 0.6) is 0 Å². The fraction of sp³-hybridized carbons (Fsp3) is 0.0667. The van der Waals surface area contributed by atoms with Crippen LogP contribution in [0.25, 0.3) is 6.08 Å². The highest BCUT2D eigenvalue weighted by atomic mass is 32.1. The average Bonchev–Trinajstić information content (AvgIpc) is 2.97. The second-order valence-electron chi connectivity index (χ2n) is 4.17. The number of halogens is 1. The summed E-state index contributed by atoms with van der Waals surface area (Å²) in [5, 5.41) is 13.1. The van der Waals surface area contributed by atoms with E-state index in [2.05, 4.69) is 5.32 Å². The largest absolute Gasteiger partial charge is 0.478 e. The minimum atomic E-state index is -1.11. The molecular weight excluding hydrogens is 293 g/mol. The number of amides is 1. The van der Waals surface area contributed by atoms with Crippen LogP contribution in [-0.2, 0) is 11.3 Å². The number of thiophene rings is 1. The van der Waals surface area contributed by atoms with Gasteiger partial charge in [-0.3, -0.25) is 4.79 Å². The summed E-state index contributed by atoms with van der Waals surface area (Å²) in [4.78, 5) is 23.4. The van der Waals surface area contributed by atoms with Gasteiger partial charge in [-0.15, -0.1) is 11.3 Å². The summed E-state index contributed by atoms with van der Waals surface area (Å²) in [7, 11) is 0. The molecule has 21 heavy (non-hydrogen) atoms. The Labute approximate surface area is 124 Å². The minimum Gasteiger partial charge on any atom is -0.478 e. The molecule has 1 heterocycles. The van der Waals surface area contributed by atoms with Crippen molar-refractivity contribution in [2.75, 3.05) is 0 Å². The van der Waals surface area contributed by atoms with Crippen molar-refractivity contribution < 1.29 is 19.1 Å². The summed E-state index contributed by atoms with van der Waals surface area (Å²) in [5.41, 5.74) is 0.333. The molecule has 0 aliphatic rings. The topological polar surface area (TPSA) is 66.4 Å². The van der Waals surface area contributed by atoms with Crippen LogP contribution >= 0.6 is 11.3 Å². The van der Waals surface area contributed by atoms with Gasteiger partial charge >= 0.3 is 5.97 Å². The van der Waals surface area contributed by atoms with Crippen molar-refractivity contribution in [2.45, 2.75) is 6.54 Å². The Hall–Kier alpha value is -2.47. The van der Waals surface area contributed by atoms with Gasteiger partial charge in [0.1, 0.15) is 5.82 Å². The van der Waals surface area contributed by atoms with Crippen LogP contribution in [0.2, 0.25) is 0 Å². The Morgan fingerprint density at radius 2 is 2.14 bits per heavy atom. The lowest BCUT2D eigenvalue weighted by molar-refractivity contribution is -0.131. The molecule has 0 bridgehead atoms. The predicted octanol–water partition coefficient (Wildman–Crippen LogP) is 2.92. The molecule has 0 atom stereocenters. The molecular formula is C15H12FNO3S. The van der Waals surface area contributed by atoms with Gasteiger partial charge < -0.3 is 10.4 Å². The van der Waals surface area contributed by atoms with Crippen molar-refractivity contribution in [2.24, 2.45) is 0 Å². The molecule has 0 radical (unpaired) electrons. The van der Waals surface area contributed by atoms with E-state index in [9.17, 15) is 14.0 Å². The van der Waals surface area contributed by atoms with Crippen molar-refractivity contribution in [3.63, 3.8) is 0 Å². The van der Waals surface area contributed by atoms with Gasteiger partial charge in [-0.05, 0) is 35.2 Å². The summed E-state index contributed by atoms with van der Waals surface area (Å²) < 4.78 is 13.7. The molecule has 2 aromatic rings. The first-order valence-electron chi connectivity index (χ1n) is 6.07. The van der Waals surface area contributed by atoms with E-state index in [0.717, 1.165) is 17.0 Å². The maximum absolute atomic E-state index is 13.7. The van der Waals surface area contributed by atoms with Crippen LogP contribution < -0.4 is 5.32 Å². The number of carboxylic acid groups (broad SMARTS) is 1. The van der Waals surface area contributed by atoms with Gasteiger partial charge in [0.2, 0.25) is 0 Å². The van der Waals surface area contributed by atoms with Crippen LogP contribution in [0.1, 0.15) is 20.8 Å². The Morgan fingerprint density at radius 3 is 2.81 bits per heavy atom. The zero-order valence-electron chi connectivity index (χ0n) is 10.9. The van der Waals surface area contributed by atoms with Gasteiger partial charge in [0, 0.05) is 11.0 Å². The van der Waals surface area contributed by atoms with Crippen molar-refractivity contribution in [1.82, 2.24) is 5.32 Å². The Balaban J connectivity index is 2.12. The van der Waals surface area contributed by atoms with Crippen molar-refractivity contribution in [3.05, 3.63) is 63.6 Å². The van der Waals surface area contributed by atoms with E-state index in [1.165, 1.54) is 29.5 Å². The van der Waals surface area contributed by atoms with Crippen molar-refractivity contribution in [3.8, 4) is 0 Å². The van der Waals surface area contributed by atoms with Crippen molar-refractivity contribution >= 4 is 29.3 Å². The molecule has 4 nitrogen and oxygen atoms in total. The van der Waals surface area contributed by atoms with Crippen LogP contribution in [0.4, 0.5) is 4.39 Å². The number of nitrogens with one attached hydrogen (secondary N) is 1. The van der Waals surface area contributed by atoms with E-state index in [1.807, 2.05) is 17.5 Å². The Morgan fingerprint density at radius 1 is 1.33 bits per heavy atom. The Bertz CT molecular complexity index is 680. The van der Waals surface area contributed by atoms with Crippen LogP contribution in [0.15, 0.2) is 41.8 Å². The van der Waals surface area contributed by atoms with Gasteiger partial charge in [-0.1, -0.05) is 12.1 Å². The lowest BCUT2D eigenvalue weighted by Gasteiger charge is -2.06. The normalized spacial score (nSPS) is 10.7. The van der Waals surface area contributed by atoms with E-state index in [1.54, 1.807) is 0 Å². The summed E-state index contributed by atoms with van der Waals surface area (Å²) in [6, 6.07) is 7.60. The van der Waals surface area contributed by atoms with Gasteiger partial charge in [0.25, 0.3) is 5.91 Å². The fourth-order valence-corrected chi connectivity index (χ4v) is 2.31. The standard InChI is InChI=1S/C15H12FNO3S/c16-13-5-3-10(4-6-14(18)19)8-12(13)15(20)17-9-11-2-1-7-21-11/h1-8H,9H2,(H,17,20)(H,18,19). The SMILES string of the molecule is O=C(O)C=Cc1ccc(F)c(C(=O)NCc2cccs2)c1. The first-order valence-corrected chi connectivity index (χ1v) is 6.95. The van der Waals surface area contributed by atoms with Gasteiger partial charge in [0.05, 0.1) is 12.1 Å². The maximum Gasteiger partial charge on any atom is 0.328 e. The number of rotatable bonds is 5. The molecule has 1 aromatic heterocycles. The molecule has 0 spiro atoms. The molecule has 0 aliphatic heterocycles. The van der Waals surface area contributed by atoms with E-state index in [4.69, 9.17) is 5.11 Å². The number of aliphatic carboxylic acids is 1. The van der Waals surface area contributed by atoms with Crippen LogP contribution in [-0.4, -0.2) is 17.0 Å². The maximum atomic E-state index is 13.7. The lowest BCUT2D eigenvalue weighted by atomic mass is 10.1. The minimum absolute atomic E-state index is 0.112. The molecule has 0 unspecified atom stereocenters. The number of hydrogen-bond acceptors (Lipinski definition) is 3. The molecule has 2 rings (SSSR count). The summed E-state index contributed by atoms with van der Waals surface area (Å²) >= 11 is 1.49. The van der Waals surface area contributed by atoms with Crippen LogP contribution in [0.3, 0.4) is 0 Å². The lowest BCUT2D eigenvalue weighted by Crippen LogP contribution is -2.23. The highest BCUT2D eigenvalue weighted by Gasteiger charge is 2.12. The quantitative estimate of drug-likeness (QED) is 0.835. The summed E-state index contributed by atoms with van der Waals surface area (Å²) in [6.07, 6.45) is 2.23. The van der Waals surface area contributed by atoms with E-state index >= 15 is 0 Å². The fourth-order valence-electron chi connectivity index (χ4n) is 1.66. The number of hydrogen-bond donors (Lipinski definition) is 2. The molecule has 0 aliphatic carbocycles. The summed E-state index contributed by atoms with van der Waals surface area (Å²) in [5.74, 6) is -2.29.